The number of hydrogen-bond donors (Lipinski definition) is 0. The third-order valence-corrected chi connectivity index (χ3v) is 4.99. The van der Waals surface area contributed by atoms with Gasteiger partial charge in [0.1, 0.15) is 18.2 Å². The Labute approximate surface area is 164 Å². The van der Waals surface area contributed by atoms with Gasteiger partial charge >= 0.3 is 0 Å². The summed E-state index contributed by atoms with van der Waals surface area (Å²) in [5.41, 5.74) is 1.98. The molecule has 1 heterocycles. The van der Waals surface area contributed by atoms with Crippen LogP contribution in [-0.4, -0.2) is 34.1 Å². The van der Waals surface area contributed by atoms with Crippen LogP contribution in [0.1, 0.15) is 19.7 Å². The Morgan fingerprint density at radius 1 is 1.00 bits per heavy atom. The molecule has 138 valence electrons. The van der Waals surface area contributed by atoms with Crippen molar-refractivity contribution in [1.82, 2.24) is 14.5 Å². The van der Waals surface area contributed by atoms with Crippen LogP contribution in [0.4, 0.5) is 0 Å². The zero-order chi connectivity index (χ0) is 18.5. The number of likely N-dealkylation sites (N-methyl/N-ethyl adjacent to an activating group) is 1. The van der Waals surface area contributed by atoms with Gasteiger partial charge < -0.3 is 14.2 Å². The van der Waals surface area contributed by atoms with E-state index in [2.05, 4.69) is 23.3 Å². The molecule has 0 bridgehead atoms. The maximum Gasteiger partial charge on any atom is 0.148 e. The van der Waals surface area contributed by atoms with Crippen molar-refractivity contribution in [2.24, 2.45) is 0 Å². The number of nitrogens with zero attached hydrogens (tertiary/aromatic N) is 3. The van der Waals surface area contributed by atoms with Crippen LogP contribution in [0.5, 0.6) is 5.75 Å². The molecule has 1 aromatic heterocycles. The number of hydrogen-bond acceptors (Lipinski definition) is 3. The fraction of sp³-hybridized carbons (Fsp3) is 0.350. The van der Waals surface area contributed by atoms with Crippen LogP contribution >= 0.6 is 23.2 Å². The van der Waals surface area contributed by atoms with Gasteiger partial charge in [0.2, 0.25) is 0 Å². The molecular formula is C20H23Cl2N3O. The van der Waals surface area contributed by atoms with Crippen LogP contribution < -0.4 is 4.74 Å². The van der Waals surface area contributed by atoms with Crippen molar-refractivity contribution in [3.8, 4) is 5.75 Å². The predicted molar refractivity (Wildman–Crippen MR) is 108 cm³/mol. The Morgan fingerprint density at radius 2 is 1.69 bits per heavy atom. The zero-order valence-corrected chi connectivity index (χ0v) is 16.6. The minimum Gasteiger partial charge on any atom is -0.486 e. The maximum absolute atomic E-state index is 6.14. The third-order valence-electron chi connectivity index (χ3n) is 4.51. The lowest BCUT2D eigenvalue weighted by Crippen LogP contribution is -2.27. The number of ether oxygens (including phenoxy) is 1. The van der Waals surface area contributed by atoms with E-state index in [1.54, 1.807) is 0 Å². The van der Waals surface area contributed by atoms with Crippen LogP contribution in [0.3, 0.4) is 0 Å². The van der Waals surface area contributed by atoms with Gasteiger partial charge in [-0.3, -0.25) is 0 Å². The number of rotatable bonds is 8. The number of fused-ring (bicyclic) bond motifs is 1. The zero-order valence-electron chi connectivity index (χ0n) is 15.1. The second kappa shape index (κ2) is 8.76. The minimum absolute atomic E-state index is 0.395. The van der Waals surface area contributed by atoms with Gasteiger partial charge in [0, 0.05) is 23.1 Å². The normalized spacial score (nSPS) is 11.4. The van der Waals surface area contributed by atoms with Gasteiger partial charge in [0.25, 0.3) is 0 Å². The van der Waals surface area contributed by atoms with E-state index in [-0.39, 0.29) is 0 Å². The molecule has 0 unspecified atom stereocenters. The SMILES string of the molecule is CCN(CC)CCn1c(COc2ccc(Cl)cc2)nc2cc(Cl)ccc21. The lowest BCUT2D eigenvalue weighted by molar-refractivity contribution is 0.271. The molecule has 26 heavy (non-hydrogen) atoms. The molecule has 0 fully saturated rings. The van der Waals surface area contributed by atoms with Crippen molar-refractivity contribution < 1.29 is 4.74 Å². The summed E-state index contributed by atoms with van der Waals surface area (Å²) in [4.78, 5) is 7.14. The van der Waals surface area contributed by atoms with Gasteiger partial charge in [-0.15, -0.1) is 0 Å². The highest BCUT2D eigenvalue weighted by molar-refractivity contribution is 6.31. The summed E-state index contributed by atoms with van der Waals surface area (Å²) in [7, 11) is 0. The molecular weight excluding hydrogens is 369 g/mol. The average Bonchev–Trinajstić information content (AvgIpc) is 2.98. The molecule has 3 rings (SSSR count). The van der Waals surface area contributed by atoms with Gasteiger partial charge in [-0.2, -0.15) is 0 Å². The maximum atomic E-state index is 6.14. The van der Waals surface area contributed by atoms with E-state index in [0.717, 1.165) is 48.8 Å². The Kier molecular flexibility index (Phi) is 6.41. The van der Waals surface area contributed by atoms with Gasteiger partial charge in [0.05, 0.1) is 11.0 Å². The number of halogens is 2. The van der Waals surface area contributed by atoms with Gasteiger partial charge in [-0.25, -0.2) is 4.98 Å². The molecule has 0 atom stereocenters. The molecule has 0 saturated carbocycles. The third kappa shape index (κ3) is 4.50. The number of benzene rings is 2. The Balaban J connectivity index is 1.84. The summed E-state index contributed by atoms with van der Waals surface area (Å²) < 4.78 is 8.14. The molecule has 0 aliphatic heterocycles. The van der Waals surface area contributed by atoms with Crippen molar-refractivity contribution >= 4 is 34.2 Å². The summed E-state index contributed by atoms with van der Waals surface area (Å²) in [6.45, 7) is 8.65. The van der Waals surface area contributed by atoms with E-state index in [0.29, 0.717) is 16.7 Å². The highest BCUT2D eigenvalue weighted by atomic mass is 35.5. The molecule has 0 saturated heterocycles. The molecule has 0 amide bonds. The van der Waals surface area contributed by atoms with E-state index in [1.807, 2.05) is 42.5 Å². The molecule has 6 heteroatoms. The molecule has 0 N–H and O–H groups in total. The van der Waals surface area contributed by atoms with Crippen LogP contribution in [0.2, 0.25) is 10.0 Å². The second-order valence-electron chi connectivity index (χ2n) is 6.08. The van der Waals surface area contributed by atoms with Crippen LogP contribution in [-0.2, 0) is 13.2 Å². The summed E-state index contributed by atoms with van der Waals surface area (Å²) in [6, 6.07) is 13.2. The highest BCUT2D eigenvalue weighted by Crippen LogP contribution is 2.22. The Bertz CT molecular complexity index is 857. The molecule has 0 aliphatic rings. The molecule has 3 aromatic rings. The summed E-state index contributed by atoms with van der Waals surface area (Å²) in [6.07, 6.45) is 0. The van der Waals surface area contributed by atoms with Crippen LogP contribution in [0, 0.1) is 0 Å². The molecule has 0 spiro atoms. The Morgan fingerprint density at radius 3 is 2.38 bits per heavy atom. The lowest BCUT2D eigenvalue weighted by atomic mass is 10.3. The molecule has 2 aromatic carbocycles. The summed E-state index contributed by atoms with van der Waals surface area (Å²) in [5, 5.41) is 1.38. The first-order valence-corrected chi connectivity index (χ1v) is 9.61. The first-order valence-electron chi connectivity index (χ1n) is 8.86. The minimum atomic E-state index is 0.395. The number of imidazole rings is 1. The van der Waals surface area contributed by atoms with E-state index in [9.17, 15) is 0 Å². The fourth-order valence-electron chi connectivity index (χ4n) is 2.97. The highest BCUT2D eigenvalue weighted by Gasteiger charge is 2.13. The van der Waals surface area contributed by atoms with E-state index < -0.39 is 0 Å². The lowest BCUT2D eigenvalue weighted by Gasteiger charge is -2.19. The first-order chi connectivity index (χ1) is 12.6. The quantitative estimate of drug-likeness (QED) is 0.524. The predicted octanol–water partition coefficient (Wildman–Crippen LogP) is 5.26. The van der Waals surface area contributed by atoms with Crippen molar-refractivity contribution in [1.29, 1.82) is 0 Å². The summed E-state index contributed by atoms with van der Waals surface area (Å²) in [5.74, 6) is 1.67. The standard InChI is InChI=1S/C20H23Cl2N3O/c1-3-24(4-2)11-12-25-19-10-7-16(22)13-18(19)23-20(25)14-26-17-8-5-15(21)6-9-17/h5-10,13H,3-4,11-12,14H2,1-2H3. The van der Waals surface area contributed by atoms with Crippen molar-refractivity contribution in [2.45, 2.75) is 27.0 Å². The van der Waals surface area contributed by atoms with Crippen LogP contribution in [0.25, 0.3) is 11.0 Å². The smallest absolute Gasteiger partial charge is 0.148 e. The van der Waals surface area contributed by atoms with E-state index >= 15 is 0 Å². The summed E-state index contributed by atoms with van der Waals surface area (Å²) >= 11 is 12.1. The van der Waals surface area contributed by atoms with Crippen molar-refractivity contribution in [3.63, 3.8) is 0 Å². The molecule has 0 radical (unpaired) electrons. The monoisotopic (exact) mass is 391 g/mol. The van der Waals surface area contributed by atoms with E-state index in [1.165, 1.54) is 0 Å². The molecule has 0 aliphatic carbocycles. The fourth-order valence-corrected chi connectivity index (χ4v) is 3.26. The Hall–Kier alpha value is -1.75. The van der Waals surface area contributed by atoms with Crippen LogP contribution in [0.15, 0.2) is 42.5 Å². The molecule has 4 nitrogen and oxygen atoms in total. The largest absolute Gasteiger partial charge is 0.486 e. The van der Waals surface area contributed by atoms with Gasteiger partial charge in [-0.05, 0) is 55.6 Å². The van der Waals surface area contributed by atoms with Crippen molar-refractivity contribution in [3.05, 3.63) is 58.3 Å². The first kappa shape index (κ1) is 19.0. The average molecular weight is 392 g/mol. The second-order valence-corrected chi connectivity index (χ2v) is 6.96. The van der Waals surface area contributed by atoms with Gasteiger partial charge in [0.15, 0.2) is 0 Å². The number of aromatic nitrogens is 2. The van der Waals surface area contributed by atoms with Crippen molar-refractivity contribution in [2.75, 3.05) is 19.6 Å². The topological polar surface area (TPSA) is 30.3 Å². The van der Waals surface area contributed by atoms with Gasteiger partial charge in [-0.1, -0.05) is 37.0 Å². The van der Waals surface area contributed by atoms with E-state index in [4.69, 9.17) is 32.9 Å².